The zero-order valence-electron chi connectivity index (χ0n) is 13.7. The fraction of sp³-hybridized carbons (Fsp3) is 0.316. The fourth-order valence-corrected chi connectivity index (χ4v) is 2.33. The summed E-state index contributed by atoms with van der Waals surface area (Å²) < 4.78 is 5.62. The minimum absolute atomic E-state index is 0.304. The molecule has 3 nitrogen and oxygen atoms in total. The first-order chi connectivity index (χ1) is 10.5. The lowest BCUT2D eigenvalue weighted by Gasteiger charge is -2.19. The number of nitrogens with zero attached hydrogens (tertiary/aromatic N) is 1. The zero-order chi connectivity index (χ0) is 16.1. The Morgan fingerprint density at radius 1 is 0.955 bits per heavy atom. The van der Waals surface area contributed by atoms with Crippen LogP contribution in [0.4, 0.5) is 4.79 Å². The molecule has 0 aromatic heterocycles. The summed E-state index contributed by atoms with van der Waals surface area (Å²) >= 11 is 0. The lowest BCUT2D eigenvalue weighted by Crippen LogP contribution is -2.33. The molecule has 22 heavy (non-hydrogen) atoms. The van der Waals surface area contributed by atoms with Gasteiger partial charge in [-0.05, 0) is 45.4 Å². The fourth-order valence-electron chi connectivity index (χ4n) is 2.33. The van der Waals surface area contributed by atoms with Crippen molar-refractivity contribution in [3.8, 4) is 16.9 Å². The van der Waals surface area contributed by atoms with Crippen LogP contribution in [0.15, 0.2) is 42.5 Å². The molecule has 0 heterocycles. The first kappa shape index (κ1) is 16.1. The number of carbonyl (C=O) groups is 1. The molecule has 0 unspecified atom stereocenters. The van der Waals surface area contributed by atoms with Gasteiger partial charge in [0.15, 0.2) is 0 Å². The van der Waals surface area contributed by atoms with Crippen molar-refractivity contribution in [2.45, 2.75) is 27.7 Å². The number of rotatable bonds is 4. The molecular weight excluding hydrogens is 274 g/mol. The van der Waals surface area contributed by atoms with Crippen molar-refractivity contribution in [3.05, 3.63) is 53.6 Å². The third-order valence-electron chi connectivity index (χ3n) is 3.72. The molecule has 0 spiro atoms. The Morgan fingerprint density at radius 2 is 1.55 bits per heavy atom. The predicted molar refractivity (Wildman–Crippen MR) is 90.3 cm³/mol. The highest BCUT2D eigenvalue weighted by Gasteiger charge is 2.15. The van der Waals surface area contributed by atoms with Crippen LogP contribution in [0.1, 0.15) is 25.0 Å². The summed E-state index contributed by atoms with van der Waals surface area (Å²) in [6.45, 7) is 9.26. The Kier molecular flexibility index (Phi) is 5.21. The molecule has 3 heteroatoms. The van der Waals surface area contributed by atoms with Crippen molar-refractivity contribution in [3.63, 3.8) is 0 Å². The van der Waals surface area contributed by atoms with Gasteiger partial charge in [-0.15, -0.1) is 0 Å². The first-order valence-electron chi connectivity index (χ1n) is 7.69. The number of hydrogen-bond acceptors (Lipinski definition) is 2. The van der Waals surface area contributed by atoms with Crippen LogP contribution >= 0.6 is 0 Å². The summed E-state index contributed by atoms with van der Waals surface area (Å²) in [5, 5.41) is 0. The van der Waals surface area contributed by atoms with E-state index in [4.69, 9.17) is 4.74 Å². The van der Waals surface area contributed by atoms with Gasteiger partial charge in [-0.25, -0.2) is 4.79 Å². The predicted octanol–water partition coefficient (Wildman–Crippen LogP) is 4.81. The van der Waals surface area contributed by atoms with Crippen LogP contribution in [-0.4, -0.2) is 24.1 Å². The largest absolute Gasteiger partial charge is 0.415 e. The molecule has 0 aliphatic rings. The Balaban J connectivity index is 2.36. The van der Waals surface area contributed by atoms with Gasteiger partial charge >= 0.3 is 6.09 Å². The van der Waals surface area contributed by atoms with Crippen molar-refractivity contribution >= 4 is 6.09 Å². The molecule has 2 aromatic rings. The van der Waals surface area contributed by atoms with Crippen molar-refractivity contribution in [1.82, 2.24) is 4.90 Å². The number of benzene rings is 2. The summed E-state index contributed by atoms with van der Waals surface area (Å²) in [7, 11) is 0. The molecule has 2 aromatic carbocycles. The van der Waals surface area contributed by atoms with E-state index in [1.165, 1.54) is 5.56 Å². The van der Waals surface area contributed by atoms with Gasteiger partial charge in [-0.3, -0.25) is 0 Å². The van der Waals surface area contributed by atoms with E-state index in [-0.39, 0.29) is 6.09 Å². The molecule has 2 rings (SSSR count). The topological polar surface area (TPSA) is 29.5 Å². The van der Waals surface area contributed by atoms with E-state index in [1.54, 1.807) is 4.90 Å². The van der Waals surface area contributed by atoms with Crippen LogP contribution in [-0.2, 0) is 0 Å². The molecule has 0 aliphatic carbocycles. The molecule has 0 radical (unpaired) electrons. The summed E-state index contributed by atoms with van der Waals surface area (Å²) in [5.41, 5.74) is 4.34. The van der Waals surface area contributed by atoms with Crippen molar-refractivity contribution in [1.29, 1.82) is 0 Å². The number of hydrogen-bond donors (Lipinski definition) is 0. The molecule has 0 fully saturated rings. The summed E-state index contributed by atoms with van der Waals surface area (Å²) in [4.78, 5) is 13.9. The van der Waals surface area contributed by atoms with Gasteiger partial charge in [-0.2, -0.15) is 0 Å². The maximum atomic E-state index is 12.2. The number of aryl methyl sites for hydroxylation is 2. The second-order valence-electron chi connectivity index (χ2n) is 5.41. The van der Waals surface area contributed by atoms with E-state index in [9.17, 15) is 4.79 Å². The molecule has 0 aliphatic heterocycles. The van der Waals surface area contributed by atoms with E-state index in [0.29, 0.717) is 18.8 Å². The minimum Gasteiger partial charge on any atom is -0.410 e. The van der Waals surface area contributed by atoms with Crippen LogP contribution in [0.5, 0.6) is 5.75 Å². The summed E-state index contributed by atoms with van der Waals surface area (Å²) in [6, 6.07) is 14.1. The molecule has 116 valence electrons. The number of ether oxygens (including phenoxy) is 1. The van der Waals surface area contributed by atoms with Crippen LogP contribution in [0.25, 0.3) is 11.1 Å². The molecule has 0 N–H and O–H groups in total. The van der Waals surface area contributed by atoms with Gasteiger partial charge in [0, 0.05) is 18.7 Å². The van der Waals surface area contributed by atoms with Gasteiger partial charge in [0.2, 0.25) is 0 Å². The summed E-state index contributed by atoms with van der Waals surface area (Å²) in [6.07, 6.45) is -0.304. The second kappa shape index (κ2) is 7.12. The van der Waals surface area contributed by atoms with Gasteiger partial charge in [-0.1, -0.05) is 41.5 Å². The minimum atomic E-state index is -0.304. The monoisotopic (exact) mass is 297 g/mol. The smallest absolute Gasteiger partial charge is 0.410 e. The molecule has 1 amide bonds. The van der Waals surface area contributed by atoms with Crippen LogP contribution in [0.3, 0.4) is 0 Å². The Labute approximate surface area is 132 Å². The lowest BCUT2D eigenvalue weighted by molar-refractivity contribution is 0.157. The van der Waals surface area contributed by atoms with E-state index in [1.807, 2.05) is 32.9 Å². The number of carbonyl (C=O) groups excluding carboxylic acids is 1. The van der Waals surface area contributed by atoms with E-state index in [2.05, 4.69) is 37.3 Å². The molecular formula is C19H23NO2. The standard InChI is InChI=1S/C19H23NO2/c1-5-20(6-2)19(21)22-18-12-9-15(4)13-17(18)16-10-7-14(3)8-11-16/h7-13H,5-6H2,1-4H3. The maximum Gasteiger partial charge on any atom is 0.415 e. The second-order valence-corrected chi connectivity index (χ2v) is 5.41. The third-order valence-corrected chi connectivity index (χ3v) is 3.72. The average molecular weight is 297 g/mol. The Bertz CT molecular complexity index is 643. The van der Waals surface area contributed by atoms with Gasteiger partial charge in [0.05, 0.1) is 0 Å². The average Bonchev–Trinajstić information content (AvgIpc) is 2.51. The Morgan fingerprint density at radius 3 is 2.14 bits per heavy atom. The first-order valence-corrected chi connectivity index (χ1v) is 7.69. The normalized spacial score (nSPS) is 10.4. The van der Waals surface area contributed by atoms with E-state index in [0.717, 1.165) is 16.7 Å². The van der Waals surface area contributed by atoms with Crippen LogP contribution in [0, 0.1) is 13.8 Å². The SMILES string of the molecule is CCN(CC)C(=O)Oc1ccc(C)cc1-c1ccc(C)cc1. The zero-order valence-corrected chi connectivity index (χ0v) is 13.7. The Hall–Kier alpha value is -2.29. The quantitative estimate of drug-likeness (QED) is 0.810. The van der Waals surface area contributed by atoms with Gasteiger partial charge in [0.1, 0.15) is 5.75 Å². The highest BCUT2D eigenvalue weighted by Crippen LogP contribution is 2.31. The van der Waals surface area contributed by atoms with Gasteiger partial charge < -0.3 is 9.64 Å². The molecule has 0 bridgehead atoms. The highest BCUT2D eigenvalue weighted by molar-refractivity contribution is 5.77. The van der Waals surface area contributed by atoms with E-state index >= 15 is 0 Å². The summed E-state index contributed by atoms with van der Waals surface area (Å²) in [5.74, 6) is 0.603. The number of amides is 1. The maximum absolute atomic E-state index is 12.2. The third kappa shape index (κ3) is 3.67. The van der Waals surface area contributed by atoms with Crippen LogP contribution < -0.4 is 4.74 Å². The van der Waals surface area contributed by atoms with Crippen molar-refractivity contribution < 1.29 is 9.53 Å². The lowest BCUT2D eigenvalue weighted by atomic mass is 10.0. The van der Waals surface area contributed by atoms with Gasteiger partial charge in [0.25, 0.3) is 0 Å². The molecule has 0 saturated carbocycles. The van der Waals surface area contributed by atoms with Crippen molar-refractivity contribution in [2.24, 2.45) is 0 Å². The molecule has 0 saturated heterocycles. The van der Waals surface area contributed by atoms with E-state index < -0.39 is 0 Å². The highest BCUT2D eigenvalue weighted by atomic mass is 16.6. The van der Waals surface area contributed by atoms with Crippen LogP contribution in [0.2, 0.25) is 0 Å². The van der Waals surface area contributed by atoms with Crippen molar-refractivity contribution in [2.75, 3.05) is 13.1 Å². The molecule has 0 atom stereocenters.